The molecule has 1 amide bonds. The third kappa shape index (κ3) is 5.44. The third-order valence-electron chi connectivity index (χ3n) is 5.14. The molecule has 6 nitrogen and oxygen atoms in total. The number of fused-ring (bicyclic) bond motifs is 1. The standard InChI is InChI=1S/C22H27N3O3S2.ClH/c1-6-30(27,28)18-9-7-8-17(14-18)21(26)25(13-12-24(4)5)22-23-20-16(3)15(2)10-11-19(20)29-22;/h7-11,14H,6,12-13H2,1-5H3;1H. The van der Waals surface area contributed by atoms with E-state index in [0.29, 0.717) is 23.8 Å². The first-order valence-corrected chi connectivity index (χ1v) is 12.3. The smallest absolute Gasteiger partial charge is 0.260 e. The summed E-state index contributed by atoms with van der Waals surface area (Å²) in [6, 6.07) is 10.4. The summed E-state index contributed by atoms with van der Waals surface area (Å²) in [5.41, 5.74) is 3.50. The molecule has 0 N–H and O–H groups in total. The van der Waals surface area contributed by atoms with Gasteiger partial charge in [-0.25, -0.2) is 13.4 Å². The van der Waals surface area contributed by atoms with Crippen molar-refractivity contribution in [2.24, 2.45) is 0 Å². The van der Waals surface area contributed by atoms with Crippen LogP contribution in [0.5, 0.6) is 0 Å². The molecule has 3 rings (SSSR count). The number of amides is 1. The Labute approximate surface area is 194 Å². The van der Waals surface area contributed by atoms with Crippen molar-refractivity contribution >= 4 is 54.8 Å². The van der Waals surface area contributed by atoms with Gasteiger partial charge in [0.2, 0.25) is 0 Å². The van der Waals surface area contributed by atoms with Crippen LogP contribution in [0, 0.1) is 13.8 Å². The molecule has 0 radical (unpaired) electrons. The summed E-state index contributed by atoms with van der Waals surface area (Å²) in [7, 11) is 0.502. The van der Waals surface area contributed by atoms with E-state index in [1.165, 1.54) is 23.5 Å². The van der Waals surface area contributed by atoms with E-state index >= 15 is 0 Å². The summed E-state index contributed by atoms with van der Waals surface area (Å²) in [5, 5.41) is 0.620. The van der Waals surface area contributed by atoms with Gasteiger partial charge < -0.3 is 4.90 Å². The summed E-state index contributed by atoms with van der Waals surface area (Å²) in [4.78, 5) is 22.0. The topological polar surface area (TPSA) is 70.6 Å². The predicted molar refractivity (Wildman–Crippen MR) is 131 cm³/mol. The number of sulfone groups is 1. The van der Waals surface area contributed by atoms with E-state index in [4.69, 9.17) is 4.98 Å². The molecule has 2 aromatic carbocycles. The van der Waals surface area contributed by atoms with Crippen molar-refractivity contribution in [3.63, 3.8) is 0 Å². The Morgan fingerprint density at radius 2 is 1.81 bits per heavy atom. The molecule has 0 spiro atoms. The fraction of sp³-hybridized carbons (Fsp3) is 0.364. The van der Waals surface area contributed by atoms with E-state index in [-0.39, 0.29) is 29.0 Å². The van der Waals surface area contributed by atoms with E-state index < -0.39 is 9.84 Å². The third-order valence-corrected chi connectivity index (χ3v) is 7.92. The number of aromatic nitrogens is 1. The van der Waals surface area contributed by atoms with Crippen LogP contribution in [0.3, 0.4) is 0 Å². The first kappa shape index (κ1) is 25.3. The minimum absolute atomic E-state index is 0. The van der Waals surface area contributed by atoms with E-state index in [0.717, 1.165) is 21.3 Å². The maximum absolute atomic E-state index is 13.4. The number of nitrogens with zero attached hydrogens (tertiary/aromatic N) is 3. The van der Waals surface area contributed by atoms with Crippen molar-refractivity contribution in [3.8, 4) is 0 Å². The molecule has 0 aliphatic rings. The van der Waals surface area contributed by atoms with Gasteiger partial charge in [-0.15, -0.1) is 12.4 Å². The van der Waals surface area contributed by atoms with Crippen LogP contribution in [0.1, 0.15) is 28.4 Å². The highest BCUT2D eigenvalue weighted by Crippen LogP contribution is 2.32. The first-order chi connectivity index (χ1) is 14.1. The van der Waals surface area contributed by atoms with Crippen LogP contribution < -0.4 is 4.90 Å². The zero-order valence-electron chi connectivity index (χ0n) is 18.4. The lowest BCUT2D eigenvalue weighted by molar-refractivity contribution is 0.0985. The van der Waals surface area contributed by atoms with Gasteiger partial charge in [-0.1, -0.05) is 30.4 Å². The van der Waals surface area contributed by atoms with Crippen LogP contribution in [0.15, 0.2) is 41.3 Å². The van der Waals surface area contributed by atoms with E-state index in [2.05, 4.69) is 6.07 Å². The number of aryl methyl sites for hydroxylation is 2. The largest absolute Gasteiger partial charge is 0.308 e. The van der Waals surface area contributed by atoms with Gasteiger partial charge in [0, 0.05) is 18.7 Å². The molecule has 0 fully saturated rings. The Hall–Kier alpha value is -2.00. The molecule has 0 aliphatic carbocycles. The molecular weight excluding hydrogens is 454 g/mol. The molecule has 0 aliphatic heterocycles. The molecule has 0 saturated heterocycles. The Morgan fingerprint density at radius 3 is 2.45 bits per heavy atom. The lowest BCUT2D eigenvalue weighted by Crippen LogP contribution is -2.36. The lowest BCUT2D eigenvalue weighted by Gasteiger charge is -2.22. The summed E-state index contributed by atoms with van der Waals surface area (Å²) < 4.78 is 25.6. The van der Waals surface area contributed by atoms with Gasteiger partial charge in [-0.2, -0.15) is 0 Å². The first-order valence-electron chi connectivity index (χ1n) is 9.80. The zero-order valence-corrected chi connectivity index (χ0v) is 20.8. The fourth-order valence-electron chi connectivity index (χ4n) is 3.06. The average molecular weight is 482 g/mol. The molecule has 0 atom stereocenters. The summed E-state index contributed by atoms with van der Waals surface area (Å²) in [5.74, 6) is -0.260. The van der Waals surface area contributed by atoms with Crippen molar-refractivity contribution in [1.29, 1.82) is 0 Å². The Bertz CT molecular complexity index is 1190. The van der Waals surface area contributed by atoms with E-state index in [1.54, 1.807) is 24.0 Å². The minimum atomic E-state index is -3.39. The maximum atomic E-state index is 13.4. The van der Waals surface area contributed by atoms with Crippen LogP contribution in [0.25, 0.3) is 10.2 Å². The van der Waals surface area contributed by atoms with Crippen LogP contribution in [0.2, 0.25) is 0 Å². The van der Waals surface area contributed by atoms with Crippen molar-refractivity contribution in [2.75, 3.05) is 37.8 Å². The zero-order chi connectivity index (χ0) is 22.1. The molecule has 1 heterocycles. The summed E-state index contributed by atoms with van der Waals surface area (Å²) >= 11 is 1.47. The van der Waals surface area contributed by atoms with Gasteiger partial charge in [0.1, 0.15) is 0 Å². The van der Waals surface area contributed by atoms with Gasteiger partial charge in [0.05, 0.1) is 20.9 Å². The molecular formula is C22H28ClN3O3S2. The number of anilines is 1. The van der Waals surface area contributed by atoms with Crippen LogP contribution in [-0.2, 0) is 9.84 Å². The second kappa shape index (κ2) is 10.1. The molecule has 168 valence electrons. The van der Waals surface area contributed by atoms with Crippen molar-refractivity contribution in [1.82, 2.24) is 9.88 Å². The minimum Gasteiger partial charge on any atom is -0.308 e. The highest BCUT2D eigenvalue weighted by molar-refractivity contribution is 7.91. The van der Waals surface area contributed by atoms with Crippen molar-refractivity contribution in [2.45, 2.75) is 25.7 Å². The van der Waals surface area contributed by atoms with Crippen LogP contribution in [-0.4, -0.2) is 57.1 Å². The van der Waals surface area contributed by atoms with Gasteiger partial charge in [0.25, 0.3) is 5.91 Å². The number of carbonyl (C=O) groups is 1. The highest BCUT2D eigenvalue weighted by Gasteiger charge is 2.23. The maximum Gasteiger partial charge on any atom is 0.260 e. The lowest BCUT2D eigenvalue weighted by atomic mass is 10.1. The summed E-state index contributed by atoms with van der Waals surface area (Å²) in [6.45, 7) is 6.79. The predicted octanol–water partition coefficient (Wildman–Crippen LogP) is 4.34. The number of likely N-dealkylation sites (N-methyl/N-ethyl adjacent to an activating group) is 1. The summed E-state index contributed by atoms with van der Waals surface area (Å²) in [6.07, 6.45) is 0. The van der Waals surface area contributed by atoms with Gasteiger partial charge in [-0.3, -0.25) is 9.69 Å². The fourth-order valence-corrected chi connectivity index (χ4v) is 5.03. The average Bonchev–Trinajstić information content (AvgIpc) is 3.15. The number of benzene rings is 2. The molecule has 0 unspecified atom stereocenters. The van der Waals surface area contributed by atoms with Crippen LogP contribution in [0.4, 0.5) is 5.13 Å². The SMILES string of the molecule is CCS(=O)(=O)c1cccc(C(=O)N(CCN(C)C)c2nc3c(C)c(C)ccc3s2)c1.Cl. The van der Waals surface area contributed by atoms with Gasteiger partial charge in [0.15, 0.2) is 15.0 Å². The molecule has 0 saturated carbocycles. The Kier molecular flexibility index (Phi) is 8.21. The quantitative estimate of drug-likeness (QED) is 0.502. The van der Waals surface area contributed by atoms with E-state index in [1.807, 2.05) is 38.9 Å². The van der Waals surface area contributed by atoms with E-state index in [9.17, 15) is 13.2 Å². The molecule has 0 bridgehead atoms. The highest BCUT2D eigenvalue weighted by atomic mass is 35.5. The molecule has 1 aromatic heterocycles. The number of hydrogen-bond acceptors (Lipinski definition) is 6. The molecule has 31 heavy (non-hydrogen) atoms. The number of rotatable bonds is 7. The van der Waals surface area contributed by atoms with Gasteiger partial charge >= 0.3 is 0 Å². The number of hydrogen-bond donors (Lipinski definition) is 0. The second-order valence-corrected chi connectivity index (χ2v) is 10.8. The number of halogens is 1. The molecule has 9 heteroatoms. The van der Waals surface area contributed by atoms with Crippen molar-refractivity contribution < 1.29 is 13.2 Å². The molecule has 3 aromatic rings. The number of thiazole rings is 1. The van der Waals surface area contributed by atoms with Crippen molar-refractivity contribution in [3.05, 3.63) is 53.1 Å². The number of carbonyl (C=O) groups excluding carboxylic acids is 1. The normalized spacial score (nSPS) is 11.5. The van der Waals surface area contributed by atoms with Crippen LogP contribution >= 0.6 is 23.7 Å². The Balaban J connectivity index is 0.00000341. The second-order valence-electron chi connectivity index (χ2n) is 7.54. The monoisotopic (exact) mass is 481 g/mol. The Morgan fingerprint density at radius 1 is 1.10 bits per heavy atom. The van der Waals surface area contributed by atoms with Gasteiger partial charge in [-0.05, 0) is 63.3 Å².